The van der Waals surface area contributed by atoms with Crippen LogP contribution in [0.5, 0.6) is 5.75 Å². The second-order valence-corrected chi connectivity index (χ2v) is 8.22. The number of thioether (sulfide) groups is 1. The van der Waals surface area contributed by atoms with Gasteiger partial charge in [0.15, 0.2) is 0 Å². The van der Waals surface area contributed by atoms with Gasteiger partial charge in [0.05, 0.1) is 0 Å². The predicted octanol–water partition coefficient (Wildman–Crippen LogP) is 4.90. The summed E-state index contributed by atoms with van der Waals surface area (Å²) >= 11 is 7.91. The summed E-state index contributed by atoms with van der Waals surface area (Å²) in [6.07, 6.45) is 0. The van der Waals surface area contributed by atoms with Crippen LogP contribution in [0.2, 0.25) is 5.02 Å². The number of rotatable bonds is 9. The predicted molar refractivity (Wildman–Crippen MR) is 128 cm³/mol. The Hall–Kier alpha value is -2.32. The molecule has 31 heavy (non-hydrogen) atoms. The number of nitrogens with zero attached hydrogens (tertiary/aromatic N) is 4. The molecule has 0 bridgehead atoms. The average Bonchev–Trinajstić information content (AvgIpc) is 3.18. The van der Waals surface area contributed by atoms with Gasteiger partial charge in [-0.15, -0.1) is 17.5 Å². The number of hydrogen-bond acceptors (Lipinski definition) is 6. The van der Waals surface area contributed by atoms with Crippen molar-refractivity contribution in [3.63, 3.8) is 0 Å². The zero-order valence-corrected chi connectivity index (χ0v) is 19.4. The number of tetrazole rings is 1. The first kappa shape index (κ1) is 23.3. The Morgan fingerprint density at radius 3 is 2.68 bits per heavy atom. The van der Waals surface area contributed by atoms with E-state index in [-0.39, 0.29) is 12.4 Å². The van der Waals surface area contributed by atoms with Crippen LogP contribution < -0.4 is 10.1 Å². The first-order valence-corrected chi connectivity index (χ1v) is 11.0. The fraction of sp³-hybridized carbons (Fsp3) is 0.227. The van der Waals surface area contributed by atoms with Crippen molar-refractivity contribution in [1.82, 2.24) is 25.5 Å². The van der Waals surface area contributed by atoms with Crippen LogP contribution in [0.1, 0.15) is 11.1 Å². The minimum absolute atomic E-state index is 0. The fourth-order valence-electron chi connectivity index (χ4n) is 3.18. The second kappa shape index (κ2) is 11.3. The highest BCUT2D eigenvalue weighted by Gasteiger charge is 2.10. The zero-order chi connectivity index (χ0) is 20.8. The summed E-state index contributed by atoms with van der Waals surface area (Å²) in [5.74, 6) is 1.74. The number of aromatic nitrogens is 4. The maximum absolute atomic E-state index is 6.29. The maximum atomic E-state index is 6.29. The van der Waals surface area contributed by atoms with Crippen molar-refractivity contribution in [3.05, 3.63) is 76.8 Å². The number of aryl methyl sites for hydroxylation is 1. The van der Waals surface area contributed by atoms with Gasteiger partial charge in [0.2, 0.25) is 5.16 Å². The van der Waals surface area contributed by atoms with E-state index in [1.54, 1.807) is 16.4 Å². The van der Waals surface area contributed by atoms with Gasteiger partial charge in [-0.2, -0.15) is 0 Å². The topological polar surface area (TPSA) is 64.9 Å². The second-order valence-electron chi connectivity index (χ2n) is 6.75. The van der Waals surface area contributed by atoms with Crippen molar-refractivity contribution in [1.29, 1.82) is 0 Å². The molecule has 0 saturated carbocycles. The van der Waals surface area contributed by atoms with Crippen LogP contribution in [0.15, 0.2) is 65.8 Å². The van der Waals surface area contributed by atoms with E-state index in [1.807, 2.05) is 37.4 Å². The number of ether oxygens (including phenoxy) is 1. The third-order valence-corrected chi connectivity index (χ3v) is 6.11. The molecule has 1 aromatic heterocycles. The van der Waals surface area contributed by atoms with E-state index in [0.29, 0.717) is 18.2 Å². The molecule has 0 unspecified atom stereocenters. The Balaban J connectivity index is 0.00000272. The molecule has 0 saturated heterocycles. The molecular formula is C22H23Cl2N5OS. The first-order valence-electron chi connectivity index (χ1n) is 9.65. The zero-order valence-electron chi connectivity index (χ0n) is 17.0. The standard InChI is InChI=1S/C22H22ClN5OS.ClH/c1-28-22(25-26-27-28)30-13-12-24-14-19-18-8-4-2-6-16(18)10-11-21(19)29-15-17-7-3-5-9-20(17)23;/h2-11,24H,12-15H2,1H3;1H. The van der Waals surface area contributed by atoms with Crippen LogP contribution in [0.4, 0.5) is 0 Å². The van der Waals surface area contributed by atoms with E-state index in [2.05, 4.69) is 51.2 Å². The smallest absolute Gasteiger partial charge is 0.209 e. The molecule has 3 aromatic carbocycles. The minimum atomic E-state index is 0. The molecule has 0 aliphatic rings. The monoisotopic (exact) mass is 475 g/mol. The van der Waals surface area contributed by atoms with E-state index >= 15 is 0 Å². The van der Waals surface area contributed by atoms with E-state index in [0.717, 1.165) is 34.3 Å². The molecule has 0 aliphatic carbocycles. The van der Waals surface area contributed by atoms with Crippen molar-refractivity contribution >= 4 is 46.5 Å². The maximum Gasteiger partial charge on any atom is 0.209 e. The number of fused-ring (bicyclic) bond motifs is 1. The summed E-state index contributed by atoms with van der Waals surface area (Å²) in [4.78, 5) is 0. The van der Waals surface area contributed by atoms with Crippen LogP contribution >= 0.6 is 35.8 Å². The third kappa shape index (κ3) is 5.89. The van der Waals surface area contributed by atoms with E-state index in [1.165, 1.54) is 10.8 Å². The third-order valence-electron chi connectivity index (χ3n) is 4.73. The lowest BCUT2D eigenvalue weighted by Gasteiger charge is -2.15. The number of hydrogen-bond donors (Lipinski definition) is 1. The Bertz CT molecular complexity index is 1140. The highest BCUT2D eigenvalue weighted by molar-refractivity contribution is 7.99. The molecule has 0 amide bonds. The molecule has 0 aliphatic heterocycles. The molecule has 0 atom stereocenters. The SMILES string of the molecule is Cl.Cn1nnnc1SCCNCc1c(OCc2ccccc2Cl)ccc2ccccc12. The Morgan fingerprint density at radius 2 is 1.87 bits per heavy atom. The van der Waals surface area contributed by atoms with Gasteiger partial charge in [0.25, 0.3) is 0 Å². The lowest BCUT2D eigenvalue weighted by Crippen LogP contribution is -2.17. The van der Waals surface area contributed by atoms with Gasteiger partial charge < -0.3 is 10.1 Å². The van der Waals surface area contributed by atoms with Crippen molar-refractivity contribution in [2.24, 2.45) is 7.05 Å². The van der Waals surface area contributed by atoms with Crippen molar-refractivity contribution in [2.75, 3.05) is 12.3 Å². The van der Waals surface area contributed by atoms with Gasteiger partial charge in [-0.1, -0.05) is 71.9 Å². The Kier molecular flexibility index (Phi) is 8.54. The molecule has 0 fully saturated rings. The van der Waals surface area contributed by atoms with Crippen LogP contribution in [0.25, 0.3) is 10.8 Å². The molecule has 0 radical (unpaired) electrons. The summed E-state index contributed by atoms with van der Waals surface area (Å²) in [6.45, 7) is 1.96. The van der Waals surface area contributed by atoms with Gasteiger partial charge in [0, 0.05) is 42.0 Å². The summed E-state index contributed by atoms with van der Waals surface area (Å²) in [5.41, 5.74) is 2.12. The van der Waals surface area contributed by atoms with Gasteiger partial charge in [-0.25, -0.2) is 4.68 Å². The minimum Gasteiger partial charge on any atom is -0.488 e. The normalized spacial score (nSPS) is 10.8. The Labute approximate surface area is 196 Å². The molecule has 6 nitrogen and oxygen atoms in total. The highest BCUT2D eigenvalue weighted by atomic mass is 35.5. The van der Waals surface area contributed by atoms with Gasteiger partial charge in [0.1, 0.15) is 12.4 Å². The van der Waals surface area contributed by atoms with Crippen molar-refractivity contribution < 1.29 is 4.74 Å². The fourth-order valence-corrected chi connectivity index (χ4v) is 4.11. The lowest BCUT2D eigenvalue weighted by molar-refractivity contribution is 0.303. The van der Waals surface area contributed by atoms with E-state index in [9.17, 15) is 0 Å². The summed E-state index contributed by atoms with van der Waals surface area (Å²) in [6, 6.07) is 20.3. The first-order chi connectivity index (χ1) is 14.7. The molecule has 1 N–H and O–H groups in total. The lowest BCUT2D eigenvalue weighted by atomic mass is 10.0. The summed E-state index contributed by atoms with van der Waals surface area (Å²) < 4.78 is 7.86. The average molecular weight is 476 g/mol. The van der Waals surface area contributed by atoms with E-state index < -0.39 is 0 Å². The summed E-state index contributed by atoms with van der Waals surface area (Å²) in [7, 11) is 1.84. The van der Waals surface area contributed by atoms with Crippen LogP contribution in [-0.2, 0) is 20.2 Å². The molecule has 4 aromatic rings. The molecule has 1 heterocycles. The van der Waals surface area contributed by atoms with Gasteiger partial charge >= 0.3 is 0 Å². The number of halogens is 2. The number of benzene rings is 3. The quantitative estimate of drug-likeness (QED) is 0.274. The molecule has 4 rings (SSSR count). The molecule has 162 valence electrons. The Morgan fingerprint density at radius 1 is 1.06 bits per heavy atom. The molecule has 0 spiro atoms. The largest absolute Gasteiger partial charge is 0.488 e. The van der Waals surface area contributed by atoms with Gasteiger partial charge in [-0.05, 0) is 33.3 Å². The van der Waals surface area contributed by atoms with Crippen LogP contribution in [0.3, 0.4) is 0 Å². The van der Waals surface area contributed by atoms with Crippen LogP contribution in [-0.4, -0.2) is 32.5 Å². The highest BCUT2D eigenvalue weighted by Crippen LogP contribution is 2.29. The van der Waals surface area contributed by atoms with Crippen LogP contribution in [0, 0.1) is 0 Å². The van der Waals surface area contributed by atoms with Crippen molar-refractivity contribution in [2.45, 2.75) is 18.3 Å². The van der Waals surface area contributed by atoms with E-state index in [4.69, 9.17) is 16.3 Å². The molecule has 9 heteroatoms. The summed E-state index contributed by atoms with van der Waals surface area (Å²) in [5, 5.41) is 18.9. The van der Waals surface area contributed by atoms with Crippen molar-refractivity contribution in [3.8, 4) is 5.75 Å². The number of nitrogens with one attached hydrogen (secondary N) is 1. The van der Waals surface area contributed by atoms with Gasteiger partial charge in [-0.3, -0.25) is 0 Å². The molecular weight excluding hydrogens is 453 g/mol.